The van der Waals surface area contributed by atoms with Gasteiger partial charge in [0.15, 0.2) is 0 Å². The fraction of sp³-hybridized carbons (Fsp3) is 0.150. The predicted octanol–water partition coefficient (Wildman–Crippen LogP) is 3.58. The summed E-state index contributed by atoms with van der Waals surface area (Å²) in [6.45, 7) is 2.59. The number of anilines is 1. The van der Waals surface area contributed by atoms with Crippen LogP contribution in [0.1, 0.15) is 34.6 Å². The van der Waals surface area contributed by atoms with Gasteiger partial charge in [0, 0.05) is 30.8 Å². The maximum absolute atomic E-state index is 12.4. The summed E-state index contributed by atoms with van der Waals surface area (Å²) < 4.78 is 0. The number of hydrogen-bond donors (Lipinski definition) is 2. The standard InChI is InChI=1S/C20H20N4O/c1-15(17-7-3-2-4-8-17)24-20(25)19-12-18(9-11-22-19)23-14-16-6-5-10-21-13-16/h2-13,15H,14H2,1H3,(H,22,23)(H,24,25). The topological polar surface area (TPSA) is 66.9 Å². The van der Waals surface area contributed by atoms with Crippen LogP contribution in [0.4, 0.5) is 5.69 Å². The third-order valence-corrected chi connectivity index (χ3v) is 3.86. The second kappa shape index (κ2) is 8.06. The molecule has 0 fully saturated rings. The van der Waals surface area contributed by atoms with E-state index in [1.54, 1.807) is 18.5 Å². The third kappa shape index (κ3) is 4.64. The van der Waals surface area contributed by atoms with E-state index in [9.17, 15) is 4.79 Å². The van der Waals surface area contributed by atoms with E-state index in [-0.39, 0.29) is 11.9 Å². The second-order valence-corrected chi connectivity index (χ2v) is 5.75. The molecule has 0 saturated heterocycles. The van der Waals surface area contributed by atoms with E-state index in [4.69, 9.17) is 0 Å². The Labute approximate surface area is 147 Å². The Hall–Kier alpha value is -3.21. The zero-order valence-corrected chi connectivity index (χ0v) is 14.0. The van der Waals surface area contributed by atoms with Gasteiger partial charge in [-0.15, -0.1) is 0 Å². The zero-order chi connectivity index (χ0) is 17.5. The number of rotatable bonds is 6. The predicted molar refractivity (Wildman–Crippen MR) is 98.1 cm³/mol. The molecule has 25 heavy (non-hydrogen) atoms. The van der Waals surface area contributed by atoms with E-state index < -0.39 is 0 Å². The Morgan fingerprint density at radius 3 is 2.68 bits per heavy atom. The molecule has 1 atom stereocenters. The molecule has 0 radical (unpaired) electrons. The Kier molecular flexibility index (Phi) is 5.36. The van der Waals surface area contributed by atoms with E-state index in [0.717, 1.165) is 16.8 Å². The molecule has 0 bridgehead atoms. The highest BCUT2D eigenvalue weighted by Crippen LogP contribution is 2.14. The zero-order valence-electron chi connectivity index (χ0n) is 14.0. The van der Waals surface area contributed by atoms with Crippen molar-refractivity contribution in [2.75, 3.05) is 5.32 Å². The van der Waals surface area contributed by atoms with E-state index in [1.807, 2.05) is 61.7 Å². The van der Waals surface area contributed by atoms with E-state index >= 15 is 0 Å². The van der Waals surface area contributed by atoms with Crippen molar-refractivity contribution in [3.63, 3.8) is 0 Å². The lowest BCUT2D eigenvalue weighted by Crippen LogP contribution is -2.27. The van der Waals surface area contributed by atoms with Crippen LogP contribution in [0, 0.1) is 0 Å². The number of pyridine rings is 2. The molecule has 3 rings (SSSR count). The molecule has 0 aliphatic rings. The molecule has 0 saturated carbocycles. The van der Waals surface area contributed by atoms with Crippen molar-refractivity contribution in [2.24, 2.45) is 0 Å². The van der Waals surface area contributed by atoms with Gasteiger partial charge in [-0.2, -0.15) is 0 Å². The summed E-state index contributed by atoms with van der Waals surface area (Å²) in [5, 5.41) is 6.26. The van der Waals surface area contributed by atoms with Crippen molar-refractivity contribution < 1.29 is 4.79 Å². The van der Waals surface area contributed by atoms with Crippen LogP contribution in [0.5, 0.6) is 0 Å². The number of carbonyl (C=O) groups excluding carboxylic acids is 1. The fourth-order valence-corrected chi connectivity index (χ4v) is 2.47. The van der Waals surface area contributed by atoms with Crippen LogP contribution in [-0.4, -0.2) is 15.9 Å². The smallest absolute Gasteiger partial charge is 0.270 e. The highest BCUT2D eigenvalue weighted by atomic mass is 16.1. The molecule has 5 nitrogen and oxygen atoms in total. The van der Waals surface area contributed by atoms with Crippen LogP contribution in [-0.2, 0) is 6.54 Å². The van der Waals surface area contributed by atoms with Crippen molar-refractivity contribution in [1.82, 2.24) is 15.3 Å². The third-order valence-electron chi connectivity index (χ3n) is 3.86. The van der Waals surface area contributed by atoms with Gasteiger partial charge in [-0.05, 0) is 36.2 Å². The van der Waals surface area contributed by atoms with Gasteiger partial charge in [-0.3, -0.25) is 14.8 Å². The SMILES string of the molecule is CC(NC(=O)c1cc(NCc2cccnc2)ccn1)c1ccccc1. The van der Waals surface area contributed by atoms with Gasteiger partial charge >= 0.3 is 0 Å². The van der Waals surface area contributed by atoms with E-state index in [0.29, 0.717) is 12.2 Å². The summed E-state index contributed by atoms with van der Waals surface area (Å²) >= 11 is 0. The molecule has 126 valence electrons. The van der Waals surface area contributed by atoms with Crippen molar-refractivity contribution in [3.8, 4) is 0 Å². The average Bonchev–Trinajstić information content (AvgIpc) is 2.68. The van der Waals surface area contributed by atoms with E-state index in [1.165, 1.54) is 0 Å². The van der Waals surface area contributed by atoms with E-state index in [2.05, 4.69) is 20.6 Å². The maximum Gasteiger partial charge on any atom is 0.270 e. The van der Waals surface area contributed by atoms with Gasteiger partial charge in [-0.25, -0.2) is 0 Å². The van der Waals surface area contributed by atoms with Gasteiger partial charge < -0.3 is 10.6 Å². The number of amides is 1. The summed E-state index contributed by atoms with van der Waals surface area (Å²) in [6.07, 6.45) is 5.18. The minimum atomic E-state index is -0.193. The molecule has 3 aromatic rings. The van der Waals surface area contributed by atoms with Crippen LogP contribution in [0.3, 0.4) is 0 Å². The van der Waals surface area contributed by atoms with Gasteiger partial charge in [0.1, 0.15) is 5.69 Å². The summed E-state index contributed by atoms with van der Waals surface area (Å²) in [7, 11) is 0. The quantitative estimate of drug-likeness (QED) is 0.724. The lowest BCUT2D eigenvalue weighted by atomic mass is 10.1. The summed E-state index contributed by atoms with van der Waals surface area (Å²) in [6, 6.07) is 17.3. The molecule has 1 unspecified atom stereocenters. The van der Waals surface area contributed by atoms with Crippen LogP contribution in [0.15, 0.2) is 73.2 Å². The van der Waals surface area contributed by atoms with Crippen molar-refractivity contribution in [2.45, 2.75) is 19.5 Å². The molecule has 2 N–H and O–H groups in total. The Balaban J connectivity index is 1.63. The molecular formula is C20H20N4O. The van der Waals surface area contributed by atoms with Gasteiger partial charge in [-0.1, -0.05) is 36.4 Å². The molecule has 2 aromatic heterocycles. The number of carbonyl (C=O) groups is 1. The number of benzene rings is 1. The summed E-state index contributed by atoms with van der Waals surface area (Å²) in [5.74, 6) is -0.193. The minimum Gasteiger partial charge on any atom is -0.381 e. The lowest BCUT2D eigenvalue weighted by Gasteiger charge is -2.14. The highest BCUT2D eigenvalue weighted by Gasteiger charge is 2.12. The Morgan fingerprint density at radius 1 is 1.08 bits per heavy atom. The van der Waals surface area contributed by atoms with Gasteiger partial charge in [0.25, 0.3) is 5.91 Å². The average molecular weight is 332 g/mol. The first-order valence-corrected chi connectivity index (χ1v) is 8.17. The molecular weight excluding hydrogens is 312 g/mol. The fourth-order valence-electron chi connectivity index (χ4n) is 2.47. The number of hydrogen-bond acceptors (Lipinski definition) is 4. The molecule has 1 aromatic carbocycles. The molecule has 5 heteroatoms. The van der Waals surface area contributed by atoms with Gasteiger partial charge in [0.2, 0.25) is 0 Å². The van der Waals surface area contributed by atoms with Gasteiger partial charge in [0.05, 0.1) is 6.04 Å². The molecule has 0 aliphatic heterocycles. The normalized spacial score (nSPS) is 11.6. The number of nitrogens with zero attached hydrogens (tertiary/aromatic N) is 2. The number of aromatic nitrogens is 2. The maximum atomic E-state index is 12.4. The van der Waals surface area contributed by atoms with Crippen molar-refractivity contribution in [1.29, 1.82) is 0 Å². The first-order valence-electron chi connectivity index (χ1n) is 8.17. The highest BCUT2D eigenvalue weighted by molar-refractivity contribution is 5.93. The first kappa shape index (κ1) is 16.6. The van der Waals surface area contributed by atoms with Crippen molar-refractivity contribution in [3.05, 3.63) is 90.0 Å². The summed E-state index contributed by atoms with van der Waals surface area (Å²) in [5.41, 5.74) is 3.36. The Bertz CT molecular complexity index is 821. The molecule has 0 aliphatic carbocycles. The van der Waals surface area contributed by atoms with Crippen molar-refractivity contribution >= 4 is 11.6 Å². The largest absolute Gasteiger partial charge is 0.381 e. The van der Waals surface area contributed by atoms with Crippen LogP contribution in [0.2, 0.25) is 0 Å². The van der Waals surface area contributed by atoms with Crippen LogP contribution in [0.25, 0.3) is 0 Å². The molecule has 1 amide bonds. The monoisotopic (exact) mass is 332 g/mol. The lowest BCUT2D eigenvalue weighted by molar-refractivity contribution is 0.0935. The van der Waals surface area contributed by atoms with Crippen LogP contribution < -0.4 is 10.6 Å². The summed E-state index contributed by atoms with van der Waals surface area (Å²) in [4.78, 5) is 20.7. The second-order valence-electron chi connectivity index (χ2n) is 5.75. The van der Waals surface area contributed by atoms with Crippen LogP contribution >= 0.6 is 0 Å². The first-order chi connectivity index (χ1) is 12.2. The number of nitrogens with one attached hydrogen (secondary N) is 2. The minimum absolute atomic E-state index is 0.0810. The molecule has 0 spiro atoms. The Morgan fingerprint density at radius 2 is 1.92 bits per heavy atom. The molecule has 2 heterocycles.